The molecule has 0 saturated carbocycles. The monoisotopic (exact) mass is 346 g/mol. The summed E-state index contributed by atoms with van der Waals surface area (Å²) in [5.41, 5.74) is 2.28. The number of fused-ring (bicyclic) bond motifs is 1. The molecule has 0 aliphatic carbocycles. The number of anilines is 1. The van der Waals surface area contributed by atoms with Gasteiger partial charge in [0.2, 0.25) is 10.0 Å². The number of hydrogen-bond acceptors (Lipinski definition) is 4. The molecule has 0 atom stereocenters. The number of nitrogens with zero attached hydrogens (tertiary/aromatic N) is 2. The van der Waals surface area contributed by atoms with Crippen molar-refractivity contribution in [2.24, 2.45) is 0 Å². The molecular weight excluding hydrogens is 336 g/mol. The van der Waals surface area contributed by atoms with Gasteiger partial charge in [0.05, 0.1) is 34.9 Å². The maximum atomic E-state index is 12.4. The van der Waals surface area contributed by atoms with E-state index in [4.69, 9.17) is 16.9 Å². The molecule has 0 fully saturated rings. The first kappa shape index (κ1) is 15.3. The second kappa shape index (κ2) is 5.91. The average molecular weight is 347 g/mol. The van der Waals surface area contributed by atoms with Gasteiger partial charge in [-0.2, -0.15) is 5.26 Å². The van der Waals surface area contributed by atoms with Crippen LogP contribution < -0.4 is 4.72 Å². The topological polar surface area (TPSA) is 98.6 Å². The standard InChI is InChI=1S/C15H11ClN4O2S/c16-12-5-4-10(11(6-12)7-17)8-23(21,22)20-14-3-1-2-13-15(14)19-9-18-13/h1-6,9,20H,8H2,(H,18,19). The van der Waals surface area contributed by atoms with E-state index in [0.717, 1.165) is 5.52 Å². The van der Waals surface area contributed by atoms with Crippen molar-refractivity contribution < 1.29 is 8.42 Å². The van der Waals surface area contributed by atoms with Crippen LogP contribution in [-0.4, -0.2) is 18.4 Å². The van der Waals surface area contributed by atoms with Gasteiger partial charge in [-0.05, 0) is 29.8 Å². The summed E-state index contributed by atoms with van der Waals surface area (Å²) >= 11 is 5.82. The predicted molar refractivity (Wildman–Crippen MR) is 88.5 cm³/mol. The smallest absolute Gasteiger partial charge is 0.237 e. The molecule has 0 saturated heterocycles. The molecule has 0 aliphatic heterocycles. The van der Waals surface area contributed by atoms with Crippen LogP contribution in [0.3, 0.4) is 0 Å². The van der Waals surface area contributed by atoms with Gasteiger partial charge in [-0.15, -0.1) is 0 Å². The van der Waals surface area contributed by atoms with Crippen LogP contribution in [0.1, 0.15) is 11.1 Å². The van der Waals surface area contributed by atoms with Crippen LogP contribution in [0.5, 0.6) is 0 Å². The number of imidazole rings is 1. The summed E-state index contributed by atoms with van der Waals surface area (Å²) in [5.74, 6) is -0.326. The quantitative estimate of drug-likeness (QED) is 0.758. The van der Waals surface area contributed by atoms with Gasteiger partial charge >= 0.3 is 0 Å². The van der Waals surface area contributed by atoms with Crippen LogP contribution in [0.2, 0.25) is 5.02 Å². The van der Waals surface area contributed by atoms with E-state index in [1.165, 1.54) is 18.5 Å². The van der Waals surface area contributed by atoms with Crippen LogP contribution >= 0.6 is 11.6 Å². The van der Waals surface area contributed by atoms with E-state index < -0.39 is 10.0 Å². The highest BCUT2D eigenvalue weighted by molar-refractivity contribution is 7.91. The summed E-state index contributed by atoms with van der Waals surface area (Å²) in [6.07, 6.45) is 1.50. The number of benzene rings is 2. The van der Waals surface area contributed by atoms with Crippen molar-refractivity contribution >= 4 is 38.3 Å². The SMILES string of the molecule is N#Cc1cc(Cl)ccc1CS(=O)(=O)Nc1cccc2[nH]cnc12. The van der Waals surface area contributed by atoms with Gasteiger partial charge in [0.1, 0.15) is 5.52 Å². The number of para-hydroxylation sites is 1. The van der Waals surface area contributed by atoms with E-state index in [2.05, 4.69) is 14.7 Å². The third kappa shape index (κ3) is 3.28. The summed E-state index contributed by atoms with van der Waals surface area (Å²) in [6, 6.07) is 11.6. The Bertz CT molecular complexity index is 1020. The van der Waals surface area contributed by atoms with E-state index in [9.17, 15) is 8.42 Å². The van der Waals surface area contributed by atoms with Gasteiger partial charge in [-0.25, -0.2) is 13.4 Å². The first-order chi connectivity index (χ1) is 11.0. The largest absolute Gasteiger partial charge is 0.345 e. The van der Waals surface area contributed by atoms with Crippen molar-refractivity contribution in [1.82, 2.24) is 9.97 Å². The number of nitriles is 1. The van der Waals surface area contributed by atoms with E-state index in [1.54, 1.807) is 24.3 Å². The van der Waals surface area contributed by atoms with Crippen molar-refractivity contribution in [3.8, 4) is 6.07 Å². The fourth-order valence-electron chi connectivity index (χ4n) is 2.23. The first-order valence-electron chi connectivity index (χ1n) is 6.59. The molecule has 3 rings (SSSR count). The van der Waals surface area contributed by atoms with Crippen LogP contribution in [0.15, 0.2) is 42.7 Å². The number of rotatable bonds is 4. The average Bonchev–Trinajstić information content (AvgIpc) is 2.98. The highest BCUT2D eigenvalue weighted by Crippen LogP contribution is 2.23. The summed E-state index contributed by atoms with van der Waals surface area (Å²) < 4.78 is 27.3. The fourth-order valence-corrected chi connectivity index (χ4v) is 3.64. The number of halogens is 1. The molecule has 0 spiro atoms. The Balaban J connectivity index is 1.91. The number of aromatic amines is 1. The van der Waals surface area contributed by atoms with Crippen LogP contribution in [-0.2, 0) is 15.8 Å². The number of nitrogens with one attached hydrogen (secondary N) is 2. The zero-order chi connectivity index (χ0) is 16.4. The molecule has 116 valence electrons. The van der Waals surface area contributed by atoms with Gasteiger partial charge in [-0.3, -0.25) is 4.72 Å². The normalized spacial score (nSPS) is 11.3. The Morgan fingerprint density at radius 3 is 2.91 bits per heavy atom. The lowest BCUT2D eigenvalue weighted by molar-refractivity contribution is 0.600. The molecule has 1 aromatic heterocycles. The molecule has 6 nitrogen and oxygen atoms in total. The van der Waals surface area contributed by atoms with Crippen molar-refractivity contribution in [2.45, 2.75) is 5.75 Å². The summed E-state index contributed by atoms with van der Waals surface area (Å²) in [5, 5.41) is 9.49. The fraction of sp³-hybridized carbons (Fsp3) is 0.0667. The molecule has 3 aromatic rings. The van der Waals surface area contributed by atoms with Gasteiger partial charge in [0.15, 0.2) is 0 Å². The lowest BCUT2D eigenvalue weighted by Crippen LogP contribution is -2.16. The Labute approximate surface area is 137 Å². The minimum Gasteiger partial charge on any atom is -0.345 e. The number of hydrogen-bond donors (Lipinski definition) is 2. The van der Waals surface area contributed by atoms with E-state index in [-0.39, 0.29) is 11.3 Å². The van der Waals surface area contributed by atoms with Gasteiger partial charge in [-0.1, -0.05) is 23.7 Å². The lowest BCUT2D eigenvalue weighted by atomic mass is 10.1. The van der Waals surface area contributed by atoms with E-state index >= 15 is 0 Å². The van der Waals surface area contributed by atoms with Crippen LogP contribution in [0.25, 0.3) is 11.0 Å². The number of sulfonamides is 1. The zero-order valence-electron chi connectivity index (χ0n) is 11.7. The molecule has 23 heavy (non-hydrogen) atoms. The highest BCUT2D eigenvalue weighted by Gasteiger charge is 2.16. The molecule has 0 unspecified atom stereocenters. The number of aromatic nitrogens is 2. The van der Waals surface area contributed by atoms with E-state index in [0.29, 0.717) is 21.8 Å². The molecule has 1 heterocycles. The molecule has 0 radical (unpaired) electrons. The van der Waals surface area contributed by atoms with E-state index in [1.807, 2.05) is 6.07 Å². The Kier molecular flexibility index (Phi) is 3.94. The summed E-state index contributed by atoms with van der Waals surface area (Å²) in [7, 11) is -3.70. The molecule has 0 bridgehead atoms. The van der Waals surface area contributed by atoms with Gasteiger partial charge < -0.3 is 4.98 Å². The minimum atomic E-state index is -3.70. The summed E-state index contributed by atoms with van der Waals surface area (Å²) in [6.45, 7) is 0. The predicted octanol–water partition coefficient (Wildman–Crippen LogP) is 3.03. The first-order valence-corrected chi connectivity index (χ1v) is 8.63. The zero-order valence-corrected chi connectivity index (χ0v) is 13.3. The van der Waals surface area contributed by atoms with Crippen molar-refractivity contribution in [3.05, 3.63) is 58.9 Å². The summed E-state index contributed by atoms with van der Waals surface area (Å²) in [4.78, 5) is 7.02. The Morgan fingerprint density at radius 1 is 1.30 bits per heavy atom. The molecule has 0 amide bonds. The minimum absolute atomic E-state index is 0.237. The molecule has 0 aliphatic rings. The molecule has 2 aromatic carbocycles. The highest BCUT2D eigenvalue weighted by atomic mass is 35.5. The Hall–Kier alpha value is -2.56. The van der Waals surface area contributed by atoms with Gasteiger partial charge in [0.25, 0.3) is 0 Å². The Morgan fingerprint density at radius 2 is 2.13 bits per heavy atom. The van der Waals surface area contributed by atoms with Crippen molar-refractivity contribution in [3.63, 3.8) is 0 Å². The lowest BCUT2D eigenvalue weighted by Gasteiger charge is -2.10. The molecular formula is C15H11ClN4O2S. The number of H-pyrrole nitrogens is 1. The second-order valence-corrected chi connectivity index (χ2v) is 7.04. The molecule has 2 N–H and O–H groups in total. The third-order valence-corrected chi connectivity index (χ3v) is 4.71. The third-order valence-electron chi connectivity index (χ3n) is 3.25. The van der Waals surface area contributed by atoms with Crippen LogP contribution in [0.4, 0.5) is 5.69 Å². The molecule has 8 heteroatoms. The van der Waals surface area contributed by atoms with Crippen molar-refractivity contribution in [2.75, 3.05) is 4.72 Å². The maximum Gasteiger partial charge on any atom is 0.237 e. The maximum absolute atomic E-state index is 12.4. The van der Waals surface area contributed by atoms with Gasteiger partial charge in [0, 0.05) is 5.02 Å². The van der Waals surface area contributed by atoms with Crippen LogP contribution in [0, 0.1) is 11.3 Å². The second-order valence-electron chi connectivity index (χ2n) is 4.88. The van der Waals surface area contributed by atoms with Crippen molar-refractivity contribution in [1.29, 1.82) is 5.26 Å².